The third-order valence-electron chi connectivity index (χ3n) is 5.36. The highest BCUT2D eigenvalue weighted by Crippen LogP contribution is 2.46. The fourth-order valence-corrected chi connectivity index (χ4v) is 3.62. The number of aryl methyl sites for hydroxylation is 2. The Bertz CT molecular complexity index is 509. The number of rotatable bonds is 4. The molecule has 21 heavy (non-hydrogen) atoms. The van der Waals surface area contributed by atoms with Crippen LogP contribution in [0.1, 0.15) is 69.2 Å². The topological polar surface area (TPSA) is 3.24 Å². The third kappa shape index (κ3) is 3.51. The van der Waals surface area contributed by atoms with E-state index in [1.54, 1.807) is 16.7 Å². The van der Waals surface area contributed by atoms with Gasteiger partial charge in [-0.3, -0.25) is 0 Å². The lowest BCUT2D eigenvalue weighted by Crippen LogP contribution is -2.34. The zero-order valence-electron chi connectivity index (χ0n) is 15.1. The maximum Gasteiger partial charge on any atom is -0.00217 e. The van der Waals surface area contributed by atoms with Crippen LogP contribution in [0.4, 0.5) is 0 Å². The molecule has 1 nitrogen and oxygen atoms in total. The molecule has 0 radical (unpaired) electrons. The van der Waals surface area contributed by atoms with Crippen molar-refractivity contribution in [1.82, 2.24) is 4.90 Å². The van der Waals surface area contributed by atoms with Gasteiger partial charge in [-0.05, 0) is 86.3 Å². The molecule has 0 aliphatic heterocycles. The van der Waals surface area contributed by atoms with Gasteiger partial charge in [-0.15, -0.1) is 0 Å². The van der Waals surface area contributed by atoms with Crippen molar-refractivity contribution in [3.05, 3.63) is 34.4 Å². The van der Waals surface area contributed by atoms with Crippen LogP contribution in [0.5, 0.6) is 0 Å². The van der Waals surface area contributed by atoms with Crippen LogP contribution in [0.15, 0.2) is 12.1 Å². The molecule has 0 aromatic heterocycles. The Hall–Kier alpha value is -0.820. The maximum atomic E-state index is 2.53. The Morgan fingerprint density at radius 2 is 1.48 bits per heavy atom. The molecule has 118 valence electrons. The maximum absolute atomic E-state index is 2.53. The Kier molecular flexibility index (Phi) is 4.54. The van der Waals surface area contributed by atoms with E-state index in [9.17, 15) is 0 Å². The summed E-state index contributed by atoms with van der Waals surface area (Å²) in [4.78, 5) is 2.28. The van der Waals surface area contributed by atoms with E-state index in [2.05, 4.69) is 65.7 Å². The van der Waals surface area contributed by atoms with Crippen LogP contribution in [0.25, 0.3) is 0 Å². The van der Waals surface area contributed by atoms with Crippen LogP contribution >= 0.6 is 0 Å². The highest BCUT2D eigenvalue weighted by Gasteiger charge is 2.37. The minimum Gasteiger partial charge on any atom is -0.309 e. The molecular formula is C20H33N. The van der Waals surface area contributed by atoms with Crippen LogP contribution < -0.4 is 0 Å². The van der Waals surface area contributed by atoms with Crippen molar-refractivity contribution >= 4 is 0 Å². The molecule has 0 unspecified atom stereocenters. The summed E-state index contributed by atoms with van der Waals surface area (Å²) in [6.45, 7) is 13.1. The van der Waals surface area contributed by atoms with Gasteiger partial charge in [0.1, 0.15) is 0 Å². The molecule has 0 atom stereocenters. The van der Waals surface area contributed by atoms with Crippen molar-refractivity contribution in [3.63, 3.8) is 0 Å². The summed E-state index contributed by atoms with van der Waals surface area (Å²) in [6.07, 6.45) is 5.05. The molecule has 0 heterocycles. The minimum absolute atomic E-state index is 0.328. The third-order valence-corrected chi connectivity index (χ3v) is 5.36. The summed E-state index contributed by atoms with van der Waals surface area (Å²) in [5.74, 6) is 0. The van der Waals surface area contributed by atoms with Crippen LogP contribution in [0.2, 0.25) is 0 Å². The van der Waals surface area contributed by atoms with Crippen LogP contribution in [-0.2, 0) is 17.3 Å². The Balaban J connectivity index is 2.35. The molecule has 0 N–H and O–H groups in total. The summed E-state index contributed by atoms with van der Waals surface area (Å²) in [7, 11) is 4.32. The van der Waals surface area contributed by atoms with Gasteiger partial charge in [-0.2, -0.15) is 0 Å². The summed E-state index contributed by atoms with van der Waals surface area (Å²) in [6, 6.07) is 5.02. The van der Waals surface area contributed by atoms with Gasteiger partial charge in [0.15, 0.2) is 0 Å². The zero-order valence-corrected chi connectivity index (χ0v) is 15.1. The largest absolute Gasteiger partial charge is 0.309 e. The average Bonchev–Trinajstić information content (AvgIpc) is 2.36. The first-order chi connectivity index (χ1) is 9.63. The van der Waals surface area contributed by atoms with Crippen molar-refractivity contribution in [1.29, 1.82) is 0 Å². The zero-order chi connectivity index (χ0) is 15.8. The fraction of sp³-hybridized carbons (Fsp3) is 0.700. The highest BCUT2D eigenvalue weighted by atomic mass is 15.0. The standard InChI is InChI=1S/C20H33N/c1-15-13-17-18(14-16(15)9-8-12-21(6)7)20(4,5)11-10-19(17,2)3/h13-14H,8-12H2,1-7H3. The summed E-state index contributed by atoms with van der Waals surface area (Å²) >= 11 is 0. The van der Waals surface area contributed by atoms with Gasteiger partial charge >= 0.3 is 0 Å². The lowest BCUT2D eigenvalue weighted by atomic mass is 9.62. The molecule has 1 aromatic rings. The molecule has 0 spiro atoms. The molecule has 2 rings (SSSR count). The smallest absolute Gasteiger partial charge is 0.00217 e. The predicted octanol–water partition coefficient (Wildman–Crippen LogP) is 4.84. The van der Waals surface area contributed by atoms with E-state index in [-0.39, 0.29) is 0 Å². The second kappa shape index (κ2) is 5.76. The van der Waals surface area contributed by atoms with Crippen molar-refractivity contribution in [3.8, 4) is 0 Å². The summed E-state index contributed by atoms with van der Waals surface area (Å²) in [5, 5.41) is 0. The van der Waals surface area contributed by atoms with Crippen molar-refractivity contribution in [2.75, 3.05) is 20.6 Å². The average molecular weight is 287 g/mol. The molecule has 0 amide bonds. The molecule has 1 aliphatic carbocycles. The van der Waals surface area contributed by atoms with Gasteiger partial charge in [0, 0.05) is 0 Å². The first kappa shape index (κ1) is 16.5. The second-order valence-corrected chi connectivity index (χ2v) is 8.50. The highest BCUT2D eigenvalue weighted by molar-refractivity contribution is 5.46. The molecule has 1 aromatic carbocycles. The van der Waals surface area contributed by atoms with Gasteiger partial charge < -0.3 is 4.90 Å². The van der Waals surface area contributed by atoms with Gasteiger partial charge in [-0.1, -0.05) is 39.8 Å². The number of benzene rings is 1. The van der Waals surface area contributed by atoms with Crippen LogP contribution in [0.3, 0.4) is 0 Å². The normalized spacial score (nSPS) is 19.6. The fourth-order valence-electron chi connectivity index (χ4n) is 3.62. The van der Waals surface area contributed by atoms with Crippen LogP contribution in [-0.4, -0.2) is 25.5 Å². The number of fused-ring (bicyclic) bond motifs is 1. The van der Waals surface area contributed by atoms with E-state index in [1.165, 1.54) is 37.8 Å². The molecule has 0 saturated heterocycles. The SMILES string of the molecule is Cc1cc2c(cc1CCCN(C)C)C(C)(C)CCC2(C)C. The molecular weight excluding hydrogens is 254 g/mol. The first-order valence-electron chi connectivity index (χ1n) is 8.43. The molecule has 0 fully saturated rings. The number of hydrogen-bond donors (Lipinski definition) is 0. The van der Waals surface area contributed by atoms with Gasteiger partial charge in [0.2, 0.25) is 0 Å². The molecule has 0 saturated carbocycles. The Labute approximate surface area is 131 Å². The van der Waals surface area contributed by atoms with E-state index in [1.807, 2.05) is 0 Å². The summed E-state index contributed by atoms with van der Waals surface area (Å²) in [5.41, 5.74) is 6.89. The molecule has 0 bridgehead atoms. The lowest BCUT2D eigenvalue weighted by Gasteiger charge is -2.42. The quantitative estimate of drug-likeness (QED) is 0.766. The van der Waals surface area contributed by atoms with E-state index < -0.39 is 0 Å². The summed E-state index contributed by atoms with van der Waals surface area (Å²) < 4.78 is 0. The first-order valence-corrected chi connectivity index (χ1v) is 8.43. The van der Waals surface area contributed by atoms with Gasteiger partial charge in [0.25, 0.3) is 0 Å². The predicted molar refractivity (Wildman–Crippen MR) is 93.3 cm³/mol. The molecule has 1 aliphatic rings. The second-order valence-electron chi connectivity index (χ2n) is 8.50. The van der Waals surface area contributed by atoms with E-state index >= 15 is 0 Å². The van der Waals surface area contributed by atoms with Crippen molar-refractivity contribution < 1.29 is 0 Å². The number of hydrogen-bond acceptors (Lipinski definition) is 1. The van der Waals surface area contributed by atoms with E-state index in [0.717, 1.165) is 0 Å². The lowest BCUT2D eigenvalue weighted by molar-refractivity contribution is 0.331. The van der Waals surface area contributed by atoms with Crippen molar-refractivity contribution in [2.24, 2.45) is 0 Å². The Morgan fingerprint density at radius 3 is 2.00 bits per heavy atom. The van der Waals surface area contributed by atoms with Gasteiger partial charge in [0.05, 0.1) is 0 Å². The van der Waals surface area contributed by atoms with Crippen molar-refractivity contribution in [2.45, 2.75) is 71.1 Å². The molecule has 1 heteroatoms. The van der Waals surface area contributed by atoms with Gasteiger partial charge in [-0.25, -0.2) is 0 Å². The Morgan fingerprint density at radius 1 is 0.952 bits per heavy atom. The monoisotopic (exact) mass is 287 g/mol. The van der Waals surface area contributed by atoms with E-state index in [4.69, 9.17) is 0 Å². The minimum atomic E-state index is 0.328. The number of nitrogens with zero attached hydrogens (tertiary/aromatic N) is 1. The van der Waals surface area contributed by atoms with Crippen LogP contribution in [0, 0.1) is 6.92 Å². The van der Waals surface area contributed by atoms with E-state index in [0.29, 0.717) is 10.8 Å².